The predicted octanol–water partition coefficient (Wildman–Crippen LogP) is 3.33. The minimum absolute atomic E-state index is 0.131. The molecule has 0 aliphatic carbocycles. The molecule has 0 aromatic rings. The van der Waals surface area contributed by atoms with Crippen molar-refractivity contribution in [2.24, 2.45) is 0 Å². The number of aliphatic hydroxyl groups excluding tert-OH is 1. The molecule has 1 atom stereocenters. The lowest BCUT2D eigenvalue weighted by molar-refractivity contribution is -0.122. The summed E-state index contributed by atoms with van der Waals surface area (Å²) in [7, 11) is 0. The van der Waals surface area contributed by atoms with Crippen LogP contribution in [0.4, 0.5) is 0 Å². The van der Waals surface area contributed by atoms with Gasteiger partial charge < -0.3 is 15.2 Å². The Morgan fingerprint density at radius 2 is 1.64 bits per heavy atom. The fraction of sp³-hybridized carbons (Fsp3) is 0.652. The highest BCUT2D eigenvalue weighted by Crippen LogP contribution is 2.06. The Hall–Kier alpha value is -1.87. The second kappa shape index (κ2) is 21.4. The van der Waals surface area contributed by atoms with Crippen LogP contribution in [0.5, 0.6) is 0 Å². The van der Waals surface area contributed by atoms with Crippen LogP contribution in [-0.4, -0.2) is 41.5 Å². The lowest BCUT2D eigenvalue weighted by atomic mass is 10.1. The van der Waals surface area contributed by atoms with Crippen LogP contribution in [0.2, 0.25) is 0 Å². The summed E-state index contributed by atoms with van der Waals surface area (Å²) < 4.78 is 0. The summed E-state index contributed by atoms with van der Waals surface area (Å²) in [6.45, 7) is 2.10. The van der Waals surface area contributed by atoms with Gasteiger partial charge in [-0.25, -0.2) is 0 Å². The molecule has 0 spiro atoms. The Balaban J connectivity index is 3.64. The normalized spacial score (nSPS) is 10.4. The molecule has 0 aliphatic heterocycles. The molecule has 0 saturated carbocycles. The van der Waals surface area contributed by atoms with Crippen molar-refractivity contribution in [2.75, 3.05) is 18.1 Å². The van der Waals surface area contributed by atoms with Crippen molar-refractivity contribution < 1.29 is 14.7 Å². The Kier molecular flexibility index (Phi) is 20.0. The van der Waals surface area contributed by atoms with Crippen molar-refractivity contribution in [3.05, 3.63) is 0 Å². The molecule has 4 nitrogen and oxygen atoms in total. The van der Waals surface area contributed by atoms with E-state index in [9.17, 15) is 9.59 Å². The van der Waals surface area contributed by atoms with E-state index in [2.05, 4.69) is 47.8 Å². The fourth-order valence-corrected chi connectivity index (χ4v) is 2.80. The molecule has 1 unspecified atom stereocenters. The minimum Gasteiger partial charge on any atom is -0.396 e. The van der Waals surface area contributed by atoms with Crippen LogP contribution in [0.25, 0.3) is 0 Å². The van der Waals surface area contributed by atoms with Crippen LogP contribution < -0.4 is 5.32 Å². The molecular weight excluding hydrogens is 370 g/mol. The van der Waals surface area contributed by atoms with Gasteiger partial charge in [0, 0.05) is 13.0 Å². The number of amides is 1. The largest absolute Gasteiger partial charge is 0.396 e. The first-order chi connectivity index (χ1) is 13.7. The predicted molar refractivity (Wildman–Crippen MR) is 118 cm³/mol. The average molecular weight is 404 g/mol. The molecule has 0 rings (SSSR count). The molecule has 0 aromatic heterocycles. The number of nitrogens with one attached hydrogen (secondary N) is 1. The zero-order chi connectivity index (χ0) is 20.7. The molecule has 154 valence electrons. The van der Waals surface area contributed by atoms with E-state index < -0.39 is 6.04 Å². The number of hydrogen-bond donors (Lipinski definition) is 2. The summed E-state index contributed by atoms with van der Waals surface area (Å²) >= 11 is 1.38. The zero-order valence-electron chi connectivity index (χ0n) is 17.0. The van der Waals surface area contributed by atoms with E-state index in [-0.39, 0.29) is 24.7 Å². The fourth-order valence-electron chi connectivity index (χ4n) is 2.23. The van der Waals surface area contributed by atoms with Gasteiger partial charge in [0.05, 0.1) is 30.4 Å². The van der Waals surface area contributed by atoms with Gasteiger partial charge in [0.2, 0.25) is 5.91 Å². The molecule has 2 N–H and O–H groups in total. The smallest absolute Gasteiger partial charge is 0.230 e. The van der Waals surface area contributed by atoms with Gasteiger partial charge >= 0.3 is 0 Å². The second-order valence-corrected chi connectivity index (χ2v) is 7.23. The molecule has 28 heavy (non-hydrogen) atoms. The van der Waals surface area contributed by atoms with Crippen molar-refractivity contribution in [1.82, 2.24) is 5.32 Å². The number of thioether (sulfide) groups is 1. The number of aliphatic hydroxyl groups is 1. The maximum absolute atomic E-state index is 11.6. The van der Waals surface area contributed by atoms with Crippen LogP contribution in [-0.2, 0) is 9.59 Å². The van der Waals surface area contributed by atoms with E-state index in [0.717, 1.165) is 6.42 Å². The lowest BCUT2D eigenvalue weighted by Gasteiger charge is -2.10. The van der Waals surface area contributed by atoms with Crippen LogP contribution >= 0.6 is 11.8 Å². The quantitative estimate of drug-likeness (QED) is 0.281. The second-order valence-electron chi connectivity index (χ2n) is 6.25. The van der Waals surface area contributed by atoms with Crippen molar-refractivity contribution >= 4 is 24.0 Å². The van der Waals surface area contributed by atoms with Gasteiger partial charge in [-0.05, 0) is 12.8 Å². The minimum atomic E-state index is -0.617. The van der Waals surface area contributed by atoms with Gasteiger partial charge in [0.25, 0.3) is 0 Å². The maximum Gasteiger partial charge on any atom is 0.230 e. The lowest BCUT2D eigenvalue weighted by Crippen LogP contribution is -2.37. The number of aldehydes is 1. The molecule has 0 aliphatic rings. The summed E-state index contributed by atoms with van der Waals surface area (Å²) in [6, 6.07) is -0.617. The molecule has 0 bridgehead atoms. The number of hydrogen-bond acceptors (Lipinski definition) is 4. The van der Waals surface area contributed by atoms with Gasteiger partial charge in [-0.2, -0.15) is 0 Å². The van der Waals surface area contributed by atoms with Crippen molar-refractivity contribution in [1.29, 1.82) is 0 Å². The van der Waals surface area contributed by atoms with E-state index in [1.807, 2.05) is 0 Å². The summed E-state index contributed by atoms with van der Waals surface area (Å²) in [5.41, 5.74) is 0. The van der Waals surface area contributed by atoms with Gasteiger partial charge in [-0.1, -0.05) is 68.6 Å². The van der Waals surface area contributed by atoms with Crippen LogP contribution in [0, 0.1) is 35.5 Å². The molecule has 0 fully saturated rings. The topological polar surface area (TPSA) is 66.4 Å². The molecule has 0 radical (unpaired) electrons. The van der Waals surface area contributed by atoms with E-state index in [4.69, 9.17) is 5.11 Å². The Labute approximate surface area is 175 Å². The van der Waals surface area contributed by atoms with Crippen molar-refractivity contribution in [3.8, 4) is 35.5 Å². The van der Waals surface area contributed by atoms with Gasteiger partial charge in [-0.15, -0.1) is 17.7 Å². The monoisotopic (exact) mass is 403 g/mol. The number of rotatable bonds is 13. The summed E-state index contributed by atoms with van der Waals surface area (Å²) in [6.07, 6.45) is 10.7. The molecule has 1 amide bonds. The van der Waals surface area contributed by atoms with Crippen molar-refractivity contribution in [2.45, 2.75) is 77.2 Å². The standard InChI is InChI=1S/C23H33NO3S/c1-2-3-4-5-6-7-8-9-10-11-12-13-14-15-16-19-28-21-23(27)24-22(20-26)17-18-25/h20,22,25H,2-8,11,14,17-19,21H2,1H3,(H,24,27). The summed E-state index contributed by atoms with van der Waals surface area (Å²) in [5, 5.41) is 11.3. The molecular formula is C23H33NO3S. The first-order valence-corrected chi connectivity index (χ1v) is 11.2. The van der Waals surface area contributed by atoms with Gasteiger partial charge in [0.15, 0.2) is 0 Å². The summed E-state index contributed by atoms with van der Waals surface area (Å²) in [4.78, 5) is 22.3. The summed E-state index contributed by atoms with van der Waals surface area (Å²) in [5.74, 6) is 18.7. The van der Waals surface area contributed by atoms with Gasteiger partial charge in [0.1, 0.15) is 6.29 Å². The number of carbonyl (C=O) groups excluding carboxylic acids is 2. The molecule has 0 aromatic carbocycles. The van der Waals surface area contributed by atoms with E-state index in [1.54, 1.807) is 0 Å². The molecule has 0 saturated heterocycles. The number of unbranched alkanes of at least 4 members (excludes halogenated alkanes) is 6. The third-order valence-corrected chi connectivity index (χ3v) is 4.56. The van der Waals surface area contributed by atoms with E-state index in [0.29, 0.717) is 24.9 Å². The maximum atomic E-state index is 11.6. The first kappa shape index (κ1) is 26.1. The highest BCUT2D eigenvalue weighted by Gasteiger charge is 2.09. The third kappa shape index (κ3) is 18.9. The Morgan fingerprint density at radius 1 is 1.00 bits per heavy atom. The van der Waals surface area contributed by atoms with Crippen LogP contribution in [0.1, 0.15) is 71.1 Å². The van der Waals surface area contributed by atoms with E-state index >= 15 is 0 Å². The Morgan fingerprint density at radius 3 is 2.32 bits per heavy atom. The first-order valence-electron chi connectivity index (χ1n) is 10.0. The molecule has 0 heterocycles. The Bertz CT molecular complexity index is 599. The third-order valence-electron chi connectivity index (χ3n) is 3.74. The zero-order valence-corrected chi connectivity index (χ0v) is 17.8. The highest BCUT2D eigenvalue weighted by molar-refractivity contribution is 8.00. The SMILES string of the molecule is CCCCCCCCC#CCC#CCC#CCSCC(=O)NC(C=O)CCO. The van der Waals surface area contributed by atoms with Crippen LogP contribution in [0.3, 0.4) is 0 Å². The number of carbonyl (C=O) groups is 2. The van der Waals surface area contributed by atoms with E-state index in [1.165, 1.54) is 50.3 Å². The molecule has 5 heteroatoms. The van der Waals surface area contributed by atoms with Crippen molar-refractivity contribution in [3.63, 3.8) is 0 Å². The highest BCUT2D eigenvalue weighted by atomic mass is 32.2. The van der Waals surface area contributed by atoms with Gasteiger partial charge in [-0.3, -0.25) is 4.79 Å². The van der Waals surface area contributed by atoms with Crippen LogP contribution in [0.15, 0.2) is 0 Å². The average Bonchev–Trinajstić information content (AvgIpc) is 2.70.